The Morgan fingerprint density at radius 1 is 0.970 bits per heavy atom. The first kappa shape index (κ1) is 22.1. The molecule has 0 saturated heterocycles. The minimum Gasteiger partial charge on any atom is -0.497 e. The molecule has 3 aromatic carbocycles. The van der Waals surface area contributed by atoms with Crippen LogP contribution in [-0.4, -0.2) is 32.1 Å². The molecule has 0 aliphatic carbocycles. The topological polar surface area (TPSA) is 83.4 Å². The molecule has 0 spiro atoms. The highest BCUT2D eigenvalue weighted by Crippen LogP contribution is 2.31. The van der Waals surface area contributed by atoms with Crippen LogP contribution in [0.4, 0.5) is 0 Å². The Labute approximate surface area is 194 Å². The summed E-state index contributed by atoms with van der Waals surface area (Å²) in [6, 6.07) is 18.4. The average molecular weight is 464 g/mol. The fourth-order valence-electron chi connectivity index (χ4n) is 3.06. The molecule has 4 rings (SSSR count). The van der Waals surface area contributed by atoms with E-state index in [-0.39, 0.29) is 17.3 Å². The van der Waals surface area contributed by atoms with Crippen molar-refractivity contribution in [1.29, 1.82) is 0 Å². The molecule has 166 valence electrons. The van der Waals surface area contributed by atoms with Crippen molar-refractivity contribution in [2.45, 2.75) is 0 Å². The van der Waals surface area contributed by atoms with Crippen LogP contribution in [0, 0.1) is 0 Å². The zero-order valence-corrected chi connectivity index (χ0v) is 18.5. The van der Waals surface area contributed by atoms with Crippen molar-refractivity contribution in [2.24, 2.45) is 4.99 Å². The summed E-state index contributed by atoms with van der Waals surface area (Å²) in [5.41, 5.74) is 1.59. The summed E-state index contributed by atoms with van der Waals surface area (Å²) in [6.45, 7) is 0. The molecule has 0 unspecified atom stereocenters. The summed E-state index contributed by atoms with van der Waals surface area (Å²) in [7, 11) is 3.00. The Morgan fingerprint density at radius 2 is 1.73 bits per heavy atom. The van der Waals surface area contributed by atoms with Gasteiger partial charge in [-0.05, 0) is 60.2 Å². The second-order valence-corrected chi connectivity index (χ2v) is 7.25. The number of esters is 2. The second-order valence-electron chi connectivity index (χ2n) is 6.84. The molecular weight excluding hydrogens is 446 g/mol. The van der Waals surface area contributed by atoms with Gasteiger partial charge in [0.15, 0.2) is 17.2 Å². The lowest BCUT2D eigenvalue weighted by Gasteiger charge is -2.10. The van der Waals surface area contributed by atoms with E-state index in [1.54, 1.807) is 79.9 Å². The normalized spacial score (nSPS) is 14.0. The summed E-state index contributed by atoms with van der Waals surface area (Å²) in [6.07, 6.45) is 1.55. The summed E-state index contributed by atoms with van der Waals surface area (Å²) >= 11 is 6.16. The molecule has 8 heteroatoms. The Hall–Kier alpha value is -4.10. The van der Waals surface area contributed by atoms with Crippen molar-refractivity contribution in [3.05, 3.63) is 94.1 Å². The van der Waals surface area contributed by atoms with Crippen molar-refractivity contribution in [2.75, 3.05) is 14.2 Å². The number of halogens is 1. The van der Waals surface area contributed by atoms with E-state index in [0.29, 0.717) is 33.2 Å². The van der Waals surface area contributed by atoms with E-state index < -0.39 is 11.9 Å². The van der Waals surface area contributed by atoms with Crippen molar-refractivity contribution >= 4 is 35.5 Å². The van der Waals surface area contributed by atoms with Gasteiger partial charge in [-0.3, -0.25) is 0 Å². The third-order valence-electron chi connectivity index (χ3n) is 4.74. The molecule has 0 saturated carbocycles. The van der Waals surface area contributed by atoms with Gasteiger partial charge < -0.3 is 18.9 Å². The highest BCUT2D eigenvalue weighted by molar-refractivity contribution is 6.34. The van der Waals surface area contributed by atoms with Crippen molar-refractivity contribution in [3.63, 3.8) is 0 Å². The molecule has 0 radical (unpaired) electrons. The lowest BCUT2D eigenvalue weighted by Crippen LogP contribution is -2.09. The first-order valence-corrected chi connectivity index (χ1v) is 10.2. The van der Waals surface area contributed by atoms with Crippen LogP contribution in [0.2, 0.25) is 5.02 Å². The Bertz CT molecular complexity index is 1280. The summed E-state index contributed by atoms with van der Waals surface area (Å²) in [5.74, 6) is 0.165. The molecule has 1 heterocycles. The standard InChI is InChI=1S/C25H18ClNO6/c1-30-17-10-8-16(9-11-17)24(28)32-21-12-7-15(14-22(21)31-2)13-20-25(29)33-23(27-20)18-5-3-4-6-19(18)26/h3-14H,1-2H3/b20-13-. The first-order chi connectivity index (χ1) is 16.0. The number of benzene rings is 3. The SMILES string of the molecule is COc1ccc(C(=O)Oc2ccc(/C=C3\N=C(c4ccccc4Cl)OC3=O)cc2OC)cc1. The number of methoxy groups -OCH3 is 2. The number of carbonyl (C=O) groups excluding carboxylic acids is 2. The van der Waals surface area contributed by atoms with Gasteiger partial charge in [-0.2, -0.15) is 0 Å². The largest absolute Gasteiger partial charge is 0.497 e. The number of hydrogen-bond acceptors (Lipinski definition) is 7. The smallest absolute Gasteiger partial charge is 0.363 e. The van der Waals surface area contributed by atoms with E-state index in [4.69, 9.17) is 30.5 Å². The molecule has 0 fully saturated rings. The van der Waals surface area contributed by atoms with Gasteiger partial charge in [0, 0.05) is 0 Å². The molecule has 1 aliphatic heterocycles. The predicted molar refractivity (Wildman–Crippen MR) is 123 cm³/mol. The summed E-state index contributed by atoms with van der Waals surface area (Å²) in [4.78, 5) is 29.0. The van der Waals surface area contributed by atoms with Gasteiger partial charge in [-0.1, -0.05) is 29.8 Å². The molecule has 1 aliphatic rings. The van der Waals surface area contributed by atoms with E-state index in [1.807, 2.05) is 0 Å². The van der Waals surface area contributed by atoms with E-state index in [2.05, 4.69) is 4.99 Å². The monoisotopic (exact) mass is 463 g/mol. The van der Waals surface area contributed by atoms with Crippen molar-refractivity contribution in [1.82, 2.24) is 0 Å². The molecule has 0 bridgehead atoms. The maximum atomic E-state index is 12.5. The maximum absolute atomic E-state index is 12.5. The van der Waals surface area contributed by atoms with Gasteiger partial charge in [-0.25, -0.2) is 14.6 Å². The van der Waals surface area contributed by atoms with E-state index in [1.165, 1.54) is 7.11 Å². The van der Waals surface area contributed by atoms with Crippen molar-refractivity contribution < 1.29 is 28.5 Å². The first-order valence-electron chi connectivity index (χ1n) is 9.80. The molecule has 3 aromatic rings. The van der Waals surface area contributed by atoms with E-state index in [9.17, 15) is 9.59 Å². The Balaban J connectivity index is 1.56. The van der Waals surface area contributed by atoms with Gasteiger partial charge >= 0.3 is 11.9 Å². The molecule has 0 atom stereocenters. The fourth-order valence-corrected chi connectivity index (χ4v) is 3.28. The molecule has 0 N–H and O–H groups in total. The van der Waals surface area contributed by atoms with Gasteiger partial charge in [0.1, 0.15) is 5.75 Å². The molecule has 33 heavy (non-hydrogen) atoms. The third kappa shape index (κ3) is 4.88. The zero-order valence-electron chi connectivity index (χ0n) is 17.7. The summed E-state index contributed by atoms with van der Waals surface area (Å²) < 4.78 is 21.2. The van der Waals surface area contributed by atoms with Crippen LogP contribution in [0.1, 0.15) is 21.5 Å². The number of carbonyl (C=O) groups is 2. The minimum absolute atomic E-state index is 0.106. The van der Waals surface area contributed by atoms with Crippen LogP contribution in [-0.2, 0) is 9.53 Å². The number of rotatable bonds is 6. The van der Waals surface area contributed by atoms with Gasteiger partial charge in [0.25, 0.3) is 0 Å². The number of nitrogens with zero attached hydrogens (tertiary/aromatic N) is 1. The molecule has 0 amide bonds. The maximum Gasteiger partial charge on any atom is 0.363 e. The quantitative estimate of drug-likeness (QED) is 0.293. The molecule has 7 nitrogen and oxygen atoms in total. The van der Waals surface area contributed by atoms with Crippen LogP contribution in [0.3, 0.4) is 0 Å². The number of ether oxygens (including phenoxy) is 4. The Morgan fingerprint density at radius 3 is 2.42 bits per heavy atom. The number of hydrogen-bond donors (Lipinski definition) is 0. The predicted octanol–water partition coefficient (Wildman–Crippen LogP) is 4.92. The van der Waals surface area contributed by atoms with Crippen LogP contribution in [0.25, 0.3) is 6.08 Å². The van der Waals surface area contributed by atoms with Gasteiger partial charge in [-0.15, -0.1) is 0 Å². The Kier molecular flexibility index (Phi) is 6.42. The average Bonchev–Trinajstić information content (AvgIpc) is 3.19. The van der Waals surface area contributed by atoms with E-state index in [0.717, 1.165) is 0 Å². The highest BCUT2D eigenvalue weighted by atomic mass is 35.5. The van der Waals surface area contributed by atoms with Crippen LogP contribution in [0.5, 0.6) is 17.2 Å². The van der Waals surface area contributed by atoms with Crippen LogP contribution >= 0.6 is 11.6 Å². The fraction of sp³-hybridized carbons (Fsp3) is 0.0800. The zero-order chi connectivity index (χ0) is 23.4. The summed E-state index contributed by atoms with van der Waals surface area (Å²) in [5, 5.41) is 0.426. The minimum atomic E-state index is -0.598. The van der Waals surface area contributed by atoms with Gasteiger partial charge in [0.05, 0.1) is 30.4 Å². The van der Waals surface area contributed by atoms with Crippen molar-refractivity contribution in [3.8, 4) is 17.2 Å². The van der Waals surface area contributed by atoms with E-state index >= 15 is 0 Å². The highest BCUT2D eigenvalue weighted by Gasteiger charge is 2.25. The molecular formula is C25H18ClNO6. The third-order valence-corrected chi connectivity index (χ3v) is 5.07. The van der Waals surface area contributed by atoms with Gasteiger partial charge in [0.2, 0.25) is 5.90 Å². The lowest BCUT2D eigenvalue weighted by molar-refractivity contribution is -0.129. The number of cyclic esters (lactones) is 1. The second kappa shape index (κ2) is 9.58. The number of aliphatic imine (C=N–C) groups is 1. The van der Waals surface area contributed by atoms with Crippen LogP contribution in [0.15, 0.2) is 77.4 Å². The lowest BCUT2D eigenvalue weighted by atomic mass is 10.1. The van der Waals surface area contributed by atoms with Crippen LogP contribution < -0.4 is 14.2 Å². The molecule has 0 aromatic heterocycles.